The number of methoxy groups -OCH3 is 1. The van der Waals surface area contributed by atoms with Gasteiger partial charge in [-0.2, -0.15) is 0 Å². The van der Waals surface area contributed by atoms with Gasteiger partial charge in [-0.15, -0.1) is 0 Å². The molecule has 4 heteroatoms. The second-order valence-corrected chi connectivity index (χ2v) is 4.46. The molecule has 0 saturated heterocycles. The minimum absolute atomic E-state index is 0.309. The predicted molar refractivity (Wildman–Crippen MR) is 46.1 cm³/mol. The van der Waals surface area contributed by atoms with E-state index in [0.717, 1.165) is 0 Å². The van der Waals surface area contributed by atoms with E-state index in [1.54, 1.807) is 12.1 Å². The number of ether oxygens (including phenoxy) is 1. The highest BCUT2D eigenvalue weighted by molar-refractivity contribution is 7.90. The zero-order valence-corrected chi connectivity index (χ0v) is 7.76. The van der Waals surface area contributed by atoms with Crippen LogP contribution in [0.3, 0.4) is 0 Å². The lowest BCUT2D eigenvalue weighted by Crippen LogP contribution is -1.96. The SMILES string of the molecule is COc1ccc(S([13CH3])(=O)=O)cc1. The van der Waals surface area contributed by atoms with E-state index in [0.29, 0.717) is 10.6 Å². The molecule has 0 aliphatic heterocycles. The Morgan fingerprint density at radius 3 is 2.00 bits per heavy atom. The molecule has 0 aliphatic rings. The van der Waals surface area contributed by atoms with E-state index in [1.807, 2.05) is 0 Å². The van der Waals surface area contributed by atoms with Crippen LogP contribution in [0.2, 0.25) is 0 Å². The van der Waals surface area contributed by atoms with Crippen LogP contribution < -0.4 is 4.74 Å². The van der Waals surface area contributed by atoms with Crippen molar-refractivity contribution in [3.05, 3.63) is 24.3 Å². The summed E-state index contributed by atoms with van der Waals surface area (Å²) < 4.78 is 26.9. The first kappa shape index (κ1) is 9.06. The van der Waals surface area contributed by atoms with Crippen molar-refractivity contribution in [2.45, 2.75) is 4.90 Å². The molecule has 0 unspecified atom stereocenters. The molecule has 0 spiro atoms. The van der Waals surface area contributed by atoms with E-state index in [-0.39, 0.29) is 0 Å². The second kappa shape index (κ2) is 3.15. The van der Waals surface area contributed by atoms with Gasteiger partial charge in [-0.25, -0.2) is 8.42 Å². The van der Waals surface area contributed by atoms with Gasteiger partial charge in [-0.3, -0.25) is 0 Å². The van der Waals surface area contributed by atoms with Crippen molar-refractivity contribution in [3.63, 3.8) is 0 Å². The molecule has 0 aliphatic carbocycles. The first-order valence-electron chi connectivity index (χ1n) is 3.38. The molecule has 0 amide bonds. The maximum Gasteiger partial charge on any atom is 0.175 e. The Morgan fingerprint density at radius 2 is 1.67 bits per heavy atom. The first-order valence-corrected chi connectivity index (χ1v) is 5.27. The average molecular weight is 187 g/mol. The molecule has 0 saturated carbocycles. The molecule has 0 bridgehead atoms. The van der Waals surface area contributed by atoms with Crippen molar-refractivity contribution in [1.82, 2.24) is 0 Å². The van der Waals surface area contributed by atoms with Crippen molar-refractivity contribution < 1.29 is 13.2 Å². The maximum absolute atomic E-state index is 11.0. The summed E-state index contributed by atoms with van der Waals surface area (Å²) in [6.45, 7) is 0. The summed E-state index contributed by atoms with van der Waals surface area (Å²) in [7, 11) is -1.55. The standard InChI is InChI=1S/C8H10O3S/c1-11-7-3-5-8(6-4-7)12(2,9)10/h3-6H,1-2H3/i2+1. The fourth-order valence-electron chi connectivity index (χ4n) is 0.823. The van der Waals surface area contributed by atoms with Crippen LogP contribution >= 0.6 is 0 Å². The smallest absolute Gasteiger partial charge is 0.175 e. The van der Waals surface area contributed by atoms with Crippen molar-refractivity contribution in [1.29, 1.82) is 0 Å². The van der Waals surface area contributed by atoms with Crippen molar-refractivity contribution >= 4 is 9.84 Å². The van der Waals surface area contributed by atoms with Crippen LogP contribution in [0.1, 0.15) is 0 Å². The maximum atomic E-state index is 11.0. The Labute approximate surface area is 71.9 Å². The monoisotopic (exact) mass is 187 g/mol. The summed E-state index contributed by atoms with van der Waals surface area (Å²) in [4.78, 5) is 0.309. The average Bonchev–Trinajstić information content (AvgIpc) is 2.03. The van der Waals surface area contributed by atoms with Crippen molar-refractivity contribution in [2.24, 2.45) is 0 Å². The van der Waals surface area contributed by atoms with Gasteiger partial charge in [0.2, 0.25) is 0 Å². The third kappa shape index (κ3) is 1.98. The lowest BCUT2D eigenvalue weighted by atomic mass is 10.3. The first-order chi connectivity index (χ1) is 5.54. The number of hydrogen-bond donors (Lipinski definition) is 0. The normalized spacial score (nSPS) is 11.2. The van der Waals surface area contributed by atoms with Crippen LogP contribution in [-0.2, 0) is 9.84 Å². The molecule has 1 aromatic carbocycles. The fourth-order valence-corrected chi connectivity index (χ4v) is 1.45. The molecule has 66 valence electrons. The summed E-state index contributed by atoms with van der Waals surface area (Å²) in [5.41, 5.74) is 0. The second-order valence-electron chi connectivity index (χ2n) is 2.45. The summed E-state index contributed by atoms with van der Waals surface area (Å²) in [6.07, 6.45) is 1.18. The van der Waals surface area contributed by atoms with Crippen molar-refractivity contribution in [3.8, 4) is 5.75 Å². The zero-order valence-electron chi connectivity index (χ0n) is 6.94. The Hall–Kier alpha value is -1.03. The number of rotatable bonds is 2. The Morgan fingerprint density at radius 1 is 1.17 bits per heavy atom. The molecule has 0 radical (unpaired) electrons. The van der Waals surface area contributed by atoms with Gasteiger partial charge in [0.05, 0.1) is 12.0 Å². The van der Waals surface area contributed by atoms with Crippen LogP contribution in [-0.4, -0.2) is 21.8 Å². The molecule has 0 atom stereocenters. The van der Waals surface area contributed by atoms with Crippen LogP contribution in [0, 0.1) is 0 Å². The summed E-state index contributed by atoms with van der Waals surface area (Å²) >= 11 is 0. The number of benzene rings is 1. The quantitative estimate of drug-likeness (QED) is 0.651. The Bertz CT molecular complexity index is 350. The largest absolute Gasteiger partial charge is 0.497 e. The molecule has 0 fully saturated rings. The van der Waals surface area contributed by atoms with E-state index < -0.39 is 9.84 Å². The molecule has 12 heavy (non-hydrogen) atoms. The molecule has 1 aromatic rings. The summed E-state index contributed by atoms with van der Waals surface area (Å²) in [5, 5.41) is 0. The van der Waals surface area contributed by atoms with E-state index in [2.05, 4.69) is 0 Å². The molecular weight excluding hydrogens is 177 g/mol. The zero-order chi connectivity index (χ0) is 9.19. The summed E-state index contributed by atoms with van der Waals surface area (Å²) in [5.74, 6) is 0.655. The third-order valence-corrected chi connectivity index (χ3v) is 2.62. The topological polar surface area (TPSA) is 43.4 Å². The highest BCUT2D eigenvalue weighted by Crippen LogP contribution is 2.14. The van der Waals surface area contributed by atoms with Crippen LogP contribution in [0.25, 0.3) is 0 Å². The number of hydrogen-bond acceptors (Lipinski definition) is 3. The third-order valence-electron chi connectivity index (χ3n) is 1.49. The molecule has 0 aromatic heterocycles. The highest BCUT2D eigenvalue weighted by Gasteiger charge is 2.05. The lowest BCUT2D eigenvalue weighted by molar-refractivity contribution is 0.414. The minimum atomic E-state index is -3.08. The molecule has 1 rings (SSSR count). The summed E-state index contributed by atoms with van der Waals surface area (Å²) in [6, 6.07) is 6.29. The lowest BCUT2D eigenvalue weighted by Gasteiger charge is -2.00. The van der Waals surface area contributed by atoms with E-state index in [9.17, 15) is 8.42 Å². The number of sulfone groups is 1. The van der Waals surface area contributed by atoms with E-state index >= 15 is 0 Å². The van der Waals surface area contributed by atoms with E-state index in [1.165, 1.54) is 25.5 Å². The van der Waals surface area contributed by atoms with Gasteiger partial charge in [0, 0.05) is 6.26 Å². The van der Waals surface area contributed by atoms with Gasteiger partial charge in [0.25, 0.3) is 0 Å². The minimum Gasteiger partial charge on any atom is -0.497 e. The van der Waals surface area contributed by atoms with Gasteiger partial charge in [-0.05, 0) is 24.3 Å². The van der Waals surface area contributed by atoms with Gasteiger partial charge in [0.15, 0.2) is 9.84 Å². The van der Waals surface area contributed by atoms with Crippen LogP contribution in [0.4, 0.5) is 0 Å². The Balaban J connectivity index is 3.09. The highest BCUT2D eigenvalue weighted by atomic mass is 32.2. The molecule has 0 N–H and O–H groups in total. The van der Waals surface area contributed by atoms with Crippen molar-refractivity contribution in [2.75, 3.05) is 13.4 Å². The molecular formula is C8H10O3S. The Kier molecular flexibility index (Phi) is 2.38. The van der Waals surface area contributed by atoms with E-state index in [4.69, 9.17) is 4.74 Å². The fraction of sp³-hybridized carbons (Fsp3) is 0.250. The van der Waals surface area contributed by atoms with Gasteiger partial charge >= 0.3 is 0 Å². The van der Waals surface area contributed by atoms with Crippen LogP contribution in [0.15, 0.2) is 29.2 Å². The van der Waals surface area contributed by atoms with Gasteiger partial charge < -0.3 is 4.74 Å². The van der Waals surface area contributed by atoms with Gasteiger partial charge in [-0.1, -0.05) is 0 Å². The predicted octanol–water partition coefficient (Wildman–Crippen LogP) is 1.10. The molecule has 3 nitrogen and oxygen atoms in total. The molecule has 0 heterocycles. The van der Waals surface area contributed by atoms with Gasteiger partial charge in [0.1, 0.15) is 5.75 Å². The van der Waals surface area contributed by atoms with Crippen LogP contribution in [0.5, 0.6) is 5.75 Å².